The van der Waals surface area contributed by atoms with Crippen molar-refractivity contribution in [2.45, 2.75) is 107 Å². The number of primary amides is 2. The normalized spacial score (nSPS) is 14.0. The number of aromatic hydroxyl groups is 2. The van der Waals surface area contributed by atoms with Crippen molar-refractivity contribution in [3.05, 3.63) is 59.7 Å². The number of unbranched alkanes of at least 4 members (excludes halogenated alkanes) is 1. The van der Waals surface area contributed by atoms with Crippen molar-refractivity contribution in [2.24, 2.45) is 28.9 Å². The second kappa shape index (κ2) is 33.1. The molecule has 0 heterocycles. The second-order valence-corrected chi connectivity index (χ2v) is 18.0. The van der Waals surface area contributed by atoms with Crippen LogP contribution in [-0.4, -0.2) is 167 Å². The SMILES string of the molecule is CC(C)C(NC(=O)CNC(=O)C(CC(N)=O)NC(=O)CNC(=O)C(Cc1ccc(O)cc1)NC(=O)C(Cc1ccc(O)cc1)NC(=O)C(N)CCCCN)C(=O)NC(CO)C(=O)NC(CS)C(=O)NC(C=O)CC(N)=O. The Morgan fingerprint density at radius 3 is 1.49 bits per heavy atom. The number of carbonyl (C=O) groups is 12. The van der Waals surface area contributed by atoms with Gasteiger partial charge in [0, 0.05) is 18.6 Å². The van der Waals surface area contributed by atoms with Gasteiger partial charge in [-0.3, -0.25) is 52.7 Å². The number of aldehydes is 1. The van der Waals surface area contributed by atoms with Crippen molar-refractivity contribution in [1.82, 2.24) is 47.9 Å². The van der Waals surface area contributed by atoms with Gasteiger partial charge in [-0.2, -0.15) is 12.6 Å². The molecule has 0 fully saturated rings. The smallest absolute Gasteiger partial charge is 0.245 e. The summed E-state index contributed by atoms with van der Waals surface area (Å²) in [5, 5.41) is 50.6. The Morgan fingerprint density at radius 2 is 1.01 bits per heavy atom. The van der Waals surface area contributed by atoms with Crippen LogP contribution in [0.3, 0.4) is 0 Å². The molecule has 2 aromatic rings. The molecule has 8 atom stereocenters. The number of amides is 11. The third-order valence-corrected chi connectivity index (χ3v) is 11.4. The molecule has 20 N–H and O–H groups in total. The highest BCUT2D eigenvalue weighted by Crippen LogP contribution is 2.14. The fraction of sp³-hybridized carbons (Fsp3) is 0.489. The molecule has 0 aliphatic heterocycles. The Morgan fingerprint density at radius 1 is 0.566 bits per heavy atom. The minimum atomic E-state index is -1.71. The van der Waals surface area contributed by atoms with E-state index in [1.165, 1.54) is 62.4 Å². The van der Waals surface area contributed by atoms with Crippen LogP contribution in [0, 0.1) is 5.92 Å². The van der Waals surface area contributed by atoms with Crippen LogP contribution >= 0.6 is 12.6 Å². The molecular formula is C47H69N13O15S. The van der Waals surface area contributed by atoms with E-state index in [4.69, 9.17) is 22.9 Å². The average molecular weight is 1090 g/mol. The van der Waals surface area contributed by atoms with Crippen LogP contribution in [-0.2, 0) is 70.4 Å². The number of benzene rings is 2. The van der Waals surface area contributed by atoms with E-state index < -0.39 is 152 Å². The van der Waals surface area contributed by atoms with Gasteiger partial charge in [-0.1, -0.05) is 44.5 Å². The van der Waals surface area contributed by atoms with Gasteiger partial charge in [0.25, 0.3) is 0 Å². The van der Waals surface area contributed by atoms with E-state index in [1.807, 2.05) is 0 Å². The summed E-state index contributed by atoms with van der Waals surface area (Å²) in [5.74, 6) is -11.7. The van der Waals surface area contributed by atoms with Crippen LogP contribution in [0.25, 0.3) is 0 Å². The molecule has 0 bridgehead atoms. The number of aliphatic hydroxyl groups is 1. The maximum atomic E-state index is 14.0. The van der Waals surface area contributed by atoms with Crippen molar-refractivity contribution in [2.75, 3.05) is 32.0 Å². The number of hydrogen-bond donors (Lipinski definition) is 17. The fourth-order valence-corrected chi connectivity index (χ4v) is 7.15. The number of thiol groups is 1. The minimum Gasteiger partial charge on any atom is -0.508 e. The molecule has 29 heteroatoms. The van der Waals surface area contributed by atoms with E-state index in [0.717, 1.165) is 0 Å². The van der Waals surface area contributed by atoms with Crippen molar-refractivity contribution < 1.29 is 72.9 Å². The minimum absolute atomic E-state index is 0.0544. The van der Waals surface area contributed by atoms with Gasteiger partial charge in [0.15, 0.2) is 0 Å². The van der Waals surface area contributed by atoms with E-state index in [1.54, 1.807) is 0 Å². The van der Waals surface area contributed by atoms with Crippen LogP contribution in [0.5, 0.6) is 11.5 Å². The average Bonchev–Trinajstić information content (AvgIpc) is 3.36. The molecule has 76 heavy (non-hydrogen) atoms. The molecule has 0 spiro atoms. The number of phenols is 2. The summed E-state index contributed by atoms with van der Waals surface area (Å²) in [6.07, 6.45) is 0.0342. The largest absolute Gasteiger partial charge is 0.508 e. The van der Waals surface area contributed by atoms with E-state index >= 15 is 0 Å². The number of nitrogens with one attached hydrogen (secondary N) is 9. The highest BCUT2D eigenvalue weighted by atomic mass is 32.1. The van der Waals surface area contributed by atoms with Crippen LogP contribution in [0.2, 0.25) is 0 Å². The van der Waals surface area contributed by atoms with Crippen molar-refractivity contribution in [3.8, 4) is 11.5 Å². The predicted octanol–water partition coefficient (Wildman–Crippen LogP) is -6.51. The lowest BCUT2D eigenvalue weighted by atomic mass is 10.0. The number of rotatable bonds is 34. The zero-order chi connectivity index (χ0) is 57.1. The van der Waals surface area contributed by atoms with E-state index in [2.05, 4.69) is 60.5 Å². The van der Waals surface area contributed by atoms with Gasteiger partial charge in [0.05, 0.1) is 44.6 Å². The number of hydrogen-bond acceptors (Lipinski definition) is 18. The maximum Gasteiger partial charge on any atom is 0.245 e. The molecule has 2 aromatic carbocycles. The van der Waals surface area contributed by atoms with Gasteiger partial charge in [0.1, 0.15) is 54.0 Å². The summed E-state index contributed by atoms with van der Waals surface area (Å²) >= 11 is 4.00. The summed E-state index contributed by atoms with van der Waals surface area (Å²) in [6, 6.07) is 0.154. The zero-order valence-corrected chi connectivity index (χ0v) is 42.8. The van der Waals surface area contributed by atoms with Crippen molar-refractivity contribution in [1.29, 1.82) is 0 Å². The molecule has 8 unspecified atom stereocenters. The van der Waals surface area contributed by atoms with Gasteiger partial charge >= 0.3 is 0 Å². The first-order valence-electron chi connectivity index (χ1n) is 23.8. The number of carbonyl (C=O) groups excluding carboxylic acids is 12. The zero-order valence-electron chi connectivity index (χ0n) is 41.9. The van der Waals surface area contributed by atoms with Gasteiger partial charge in [-0.05, 0) is 60.7 Å². The van der Waals surface area contributed by atoms with Crippen LogP contribution in [0.4, 0.5) is 0 Å². The first-order valence-corrected chi connectivity index (χ1v) is 24.5. The van der Waals surface area contributed by atoms with Gasteiger partial charge < -0.3 is 90.9 Å². The quantitative estimate of drug-likeness (QED) is 0.0176. The molecule has 0 aliphatic rings. The standard InChI is InChI=1S/C47H69N13O15S/c1-24(2)40(47(75)58-34(22-62)45(73)59-35(23-76)46(74)54-27(21-61)17-36(50)65)60-39(68)20-53-43(71)33(18-37(51)66)55-38(67)19-52-42(70)31(15-25-6-10-28(63)11-7-25)57-44(72)32(16-26-8-12-29(64)13-9-26)56-41(69)30(49)5-3-4-14-48/h6-13,21,24,27,30-35,40,62-64,76H,3-5,14-20,22-23,48-49H2,1-2H3,(H2,50,65)(H2,51,66)(H,52,70)(H,53,71)(H,54,74)(H,55,67)(H,56,69)(H,57,72)(H,58,75)(H,59,73)(H,60,68). The number of aliphatic hydroxyl groups excluding tert-OH is 1. The van der Waals surface area contributed by atoms with Crippen LogP contribution in [0.1, 0.15) is 57.1 Å². The fourth-order valence-electron chi connectivity index (χ4n) is 6.90. The molecule has 0 aromatic heterocycles. The molecule has 0 aliphatic carbocycles. The third-order valence-electron chi connectivity index (χ3n) is 11.0. The number of phenolic OH excluding ortho intramolecular Hbond substituents is 2. The lowest BCUT2D eigenvalue weighted by Gasteiger charge is -2.26. The molecule has 0 saturated heterocycles. The maximum absolute atomic E-state index is 14.0. The summed E-state index contributed by atoms with van der Waals surface area (Å²) in [4.78, 5) is 154. The number of nitrogens with two attached hydrogens (primary N) is 4. The third kappa shape index (κ3) is 23.5. The molecule has 418 valence electrons. The topological polar surface area (TPSA) is 478 Å². The molecule has 0 radical (unpaired) electrons. The van der Waals surface area contributed by atoms with E-state index in [-0.39, 0.29) is 42.8 Å². The first kappa shape index (κ1) is 64.2. The van der Waals surface area contributed by atoms with Gasteiger partial charge in [0.2, 0.25) is 65.0 Å². The molecule has 0 saturated carbocycles. The monoisotopic (exact) mass is 1090 g/mol. The van der Waals surface area contributed by atoms with Gasteiger partial charge in [-0.25, -0.2) is 0 Å². The Bertz CT molecular complexity index is 2340. The molecule has 2 rings (SSSR count). The summed E-state index contributed by atoms with van der Waals surface area (Å²) in [6.45, 7) is 0.726. The Labute approximate surface area is 442 Å². The second-order valence-electron chi connectivity index (χ2n) is 17.7. The molecule has 11 amide bonds. The highest BCUT2D eigenvalue weighted by molar-refractivity contribution is 7.80. The van der Waals surface area contributed by atoms with E-state index in [0.29, 0.717) is 30.5 Å². The van der Waals surface area contributed by atoms with Crippen molar-refractivity contribution >= 4 is 83.9 Å². The predicted molar refractivity (Wildman–Crippen MR) is 274 cm³/mol. The lowest BCUT2D eigenvalue weighted by Crippen LogP contribution is -2.60. The molecular weight excluding hydrogens is 1020 g/mol. The van der Waals surface area contributed by atoms with Crippen LogP contribution in [0.15, 0.2) is 48.5 Å². The summed E-state index contributed by atoms with van der Waals surface area (Å²) in [7, 11) is 0. The first-order chi connectivity index (χ1) is 35.9. The summed E-state index contributed by atoms with van der Waals surface area (Å²) in [5.41, 5.74) is 23.0. The van der Waals surface area contributed by atoms with Crippen LogP contribution < -0.4 is 70.8 Å². The Balaban J connectivity index is 2.16. The van der Waals surface area contributed by atoms with Gasteiger partial charge in [-0.15, -0.1) is 0 Å². The Hall–Kier alpha value is -7.89. The Kier molecular flexibility index (Phi) is 28.0. The molecule has 28 nitrogen and oxygen atoms in total. The van der Waals surface area contributed by atoms with Crippen molar-refractivity contribution in [3.63, 3.8) is 0 Å². The summed E-state index contributed by atoms with van der Waals surface area (Å²) < 4.78 is 0. The van der Waals surface area contributed by atoms with E-state index in [9.17, 15) is 72.9 Å². The lowest BCUT2D eigenvalue weighted by molar-refractivity contribution is -0.135. The highest BCUT2D eigenvalue weighted by Gasteiger charge is 2.33.